The fourth-order valence-corrected chi connectivity index (χ4v) is 5.55. The summed E-state index contributed by atoms with van der Waals surface area (Å²) in [4.78, 5) is 28.5. The van der Waals surface area contributed by atoms with Crippen LogP contribution in [0, 0.1) is 0 Å². The third-order valence-electron chi connectivity index (χ3n) is 6.39. The zero-order chi connectivity index (χ0) is 26.3. The van der Waals surface area contributed by atoms with E-state index in [-0.39, 0.29) is 18.5 Å². The number of ether oxygens (including phenoxy) is 1. The van der Waals surface area contributed by atoms with E-state index in [0.29, 0.717) is 17.9 Å². The number of hydrogen-bond donors (Lipinski definition) is 1. The lowest BCUT2D eigenvalue weighted by molar-refractivity contribution is -0.140. The van der Waals surface area contributed by atoms with Crippen molar-refractivity contribution in [3.8, 4) is 5.75 Å². The van der Waals surface area contributed by atoms with Crippen LogP contribution in [0.15, 0.2) is 53.0 Å². The molecule has 196 valence electrons. The topological polar surface area (TPSA) is 96.0 Å². The minimum absolute atomic E-state index is 0.111. The summed E-state index contributed by atoms with van der Waals surface area (Å²) >= 11 is 3.35. The number of carbonyl (C=O) groups excluding carboxylic acids is 2. The highest BCUT2D eigenvalue weighted by molar-refractivity contribution is 9.10. The smallest absolute Gasteiger partial charge is 0.244 e. The summed E-state index contributed by atoms with van der Waals surface area (Å²) in [7, 11) is -2.18. The second-order valence-corrected chi connectivity index (χ2v) is 11.9. The first-order chi connectivity index (χ1) is 17.1. The maximum Gasteiger partial charge on any atom is 0.244 e. The average molecular weight is 581 g/mol. The maximum absolute atomic E-state index is 13.7. The zero-order valence-electron chi connectivity index (χ0n) is 20.9. The first kappa shape index (κ1) is 28.0. The number of amides is 2. The summed E-state index contributed by atoms with van der Waals surface area (Å²) in [6, 6.07) is 13.4. The van der Waals surface area contributed by atoms with Crippen LogP contribution in [0.3, 0.4) is 0 Å². The molecule has 10 heteroatoms. The van der Waals surface area contributed by atoms with E-state index in [9.17, 15) is 18.0 Å². The van der Waals surface area contributed by atoms with Gasteiger partial charge in [0.25, 0.3) is 0 Å². The molecular formula is C26H34BrN3O5S. The van der Waals surface area contributed by atoms with Gasteiger partial charge in [-0.2, -0.15) is 0 Å². The van der Waals surface area contributed by atoms with Crippen molar-refractivity contribution in [2.24, 2.45) is 0 Å². The highest BCUT2D eigenvalue weighted by atomic mass is 79.9. The number of hydrogen-bond acceptors (Lipinski definition) is 5. The normalized spacial score (nSPS) is 14.8. The predicted octanol–water partition coefficient (Wildman–Crippen LogP) is 4.09. The molecule has 0 aliphatic heterocycles. The van der Waals surface area contributed by atoms with Gasteiger partial charge in [0.15, 0.2) is 0 Å². The lowest BCUT2D eigenvalue weighted by atomic mass is 10.1. The van der Waals surface area contributed by atoms with Gasteiger partial charge in [0.2, 0.25) is 21.8 Å². The largest absolute Gasteiger partial charge is 0.497 e. The van der Waals surface area contributed by atoms with E-state index in [1.165, 1.54) is 4.90 Å². The number of nitrogens with one attached hydrogen (secondary N) is 1. The van der Waals surface area contributed by atoms with Crippen LogP contribution in [0.4, 0.5) is 5.69 Å². The van der Waals surface area contributed by atoms with Gasteiger partial charge in [-0.25, -0.2) is 8.42 Å². The summed E-state index contributed by atoms with van der Waals surface area (Å²) < 4.78 is 32.4. The van der Waals surface area contributed by atoms with Crippen LogP contribution in [0.25, 0.3) is 0 Å². The van der Waals surface area contributed by atoms with Crippen molar-refractivity contribution >= 4 is 43.5 Å². The fraction of sp³-hybridized carbons (Fsp3) is 0.462. The molecule has 2 aromatic rings. The zero-order valence-corrected chi connectivity index (χ0v) is 23.3. The molecule has 1 N–H and O–H groups in total. The van der Waals surface area contributed by atoms with Gasteiger partial charge in [0, 0.05) is 17.1 Å². The minimum atomic E-state index is -3.76. The molecule has 2 aromatic carbocycles. The van der Waals surface area contributed by atoms with E-state index < -0.39 is 28.5 Å². The number of halogens is 1. The van der Waals surface area contributed by atoms with Gasteiger partial charge < -0.3 is 15.0 Å². The summed E-state index contributed by atoms with van der Waals surface area (Å²) in [6.45, 7) is 1.61. The van der Waals surface area contributed by atoms with Gasteiger partial charge >= 0.3 is 0 Å². The second kappa shape index (κ2) is 12.6. The minimum Gasteiger partial charge on any atom is -0.497 e. The Hall–Kier alpha value is -2.59. The molecule has 1 atom stereocenters. The van der Waals surface area contributed by atoms with Crippen molar-refractivity contribution < 1.29 is 22.7 Å². The van der Waals surface area contributed by atoms with Crippen molar-refractivity contribution in [2.75, 3.05) is 24.2 Å². The van der Waals surface area contributed by atoms with E-state index in [0.717, 1.165) is 46.3 Å². The van der Waals surface area contributed by atoms with Gasteiger partial charge in [0.1, 0.15) is 18.3 Å². The number of anilines is 1. The van der Waals surface area contributed by atoms with Crippen LogP contribution in [0.2, 0.25) is 0 Å². The van der Waals surface area contributed by atoms with Crippen LogP contribution in [0.1, 0.15) is 44.6 Å². The summed E-state index contributed by atoms with van der Waals surface area (Å²) in [5.41, 5.74) is 1.19. The third-order valence-corrected chi connectivity index (χ3v) is 8.06. The highest BCUT2D eigenvalue weighted by Crippen LogP contribution is 2.23. The predicted molar refractivity (Wildman–Crippen MR) is 144 cm³/mol. The van der Waals surface area contributed by atoms with Crippen LogP contribution in [-0.2, 0) is 26.2 Å². The van der Waals surface area contributed by atoms with E-state index in [1.54, 1.807) is 43.5 Å². The quantitative estimate of drug-likeness (QED) is 0.432. The third kappa shape index (κ3) is 7.46. The van der Waals surface area contributed by atoms with Crippen molar-refractivity contribution in [2.45, 2.75) is 57.7 Å². The lowest BCUT2D eigenvalue weighted by Crippen LogP contribution is -2.53. The Morgan fingerprint density at radius 3 is 2.22 bits per heavy atom. The highest BCUT2D eigenvalue weighted by Gasteiger charge is 2.33. The number of sulfonamides is 1. The molecule has 2 amide bonds. The maximum atomic E-state index is 13.7. The molecule has 3 rings (SSSR count). The van der Waals surface area contributed by atoms with Gasteiger partial charge in [-0.15, -0.1) is 0 Å². The average Bonchev–Trinajstić information content (AvgIpc) is 3.35. The number of rotatable bonds is 11. The van der Waals surface area contributed by atoms with Crippen LogP contribution in [0.5, 0.6) is 5.75 Å². The number of carbonyl (C=O) groups is 2. The lowest BCUT2D eigenvalue weighted by Gasteiger charge is -2.33. The van der Waals surface area contributed by atoms with Crippen molar-refractivity contribution in [1.82, 2.24) is 10.2 Å². The Labute approximate surface area is 222 Å². The van der Waals surface area contributed by atoms with Gasteiger partial charge in [-0.1, -0.05) is 47.8 Å². The molecule has 1 aliphatic rings. The standard InChI is InChI=1S/C26H34BrN3O5S/c1-4-24(26(32)28-21-7-5-6-8-21)29(17-19-9-15-23(35-2)16-10-19)25(31)18-30(36(3,33)34)22-13-11-20(27)12-14-22/h9-16,21,24H,4-8,17-18H2,1-3H3,(H,28,32)/t24-/m0/s1. The summed E-state index contributed by atoms with van der Waals surface area (Å²) in [5.74, 6) is 0.0227. The molecule has 0 bridgehead atoms. The van der Waals surface area contributed by atoms with Gasteiger partial charge in [-0.3, -0.25) is 13.9 Å². The molecule has 1 aliphatic carbocycles. The first-order valence-corrected chi connectivity index (χ1v) is 14.7. The molecule has 36 heavy (non-hydrogen) atoms. The molecule has 0 saturated heterocycles. The Bertz CT molecular complexity index is 1130. The second-order valence-electron chi connectivity index (χ2n) is 9.03. The van der Waals surface area contributed by atoms with Crippen LogP contribution >= 0.6 is 15.9 Å². The number of nitrogens with zero attached hydrogens (tertiary/aromatic N) is 2. The Balaban J connectivity index is 1.90. The Morgan fingerprint density at radius 1 is 1.08 bits per heavy atom. The van der Waals surface area contributed by atoms with E-state index >= 15 is 0 Å². The molecule has 8 nitrogen and oxygen atoms in total. The van der Waals surface area contributed by atoms with Crippen LogP contribution in [-0.4, -0.2) is 57.1 Å². The number of benzene rings is 2. The van der Waals surface area contributed by atoms with Crippen molar-refractivity contribution in [1.29, 1.82) is 0 Å². The van der Waals surface area contributed by atoms with E-state index in [4.69, 9.17) is 4.74 Å². The Morgan fingerprint density at radius 2 is 1.69 bits per heavy atom. The van der Waals surface area contributed by atoms with Crippen molar-refractivity contribution in [3.63, 3.8) is 0 Å². The van der Waals surface area contributed by atoms with E-state index in [1.807, 2.05) is 19.1 Å². The molecule has 0 radical (unpaired) electrons. The summed E-state index contributed by atoms with van der Waals surface area (Å²) in [5, 5.41) is 3.10. The van der Waals surface area contributed by atoms with Gasteiger partial charge in [0.05, 0.1) is 19.1 Å². The fourth-order valence-electron chi connectivity index (χ4n) is 4.44. The SMILES string of the molecule is CC[C@@H](C(=O)NC1CCCC1)N(Cc1ccc(OC)cc1)C(=O)CN(c1ccc(Br)cc1)S(C)(=O)=O. The molecule has 0 spiro atoms. The van der Waals surface area contributed by atoms with Gasteiger partial charge in [-0.05, 0) is 61.2 Å². The molecule has 1 fully saturated rings. The van der Waals surface area contributed by atoms with Crippen LogP contribution < -0.4 is 14.4 Å². The summed E-state index contributed by atoms with van der Waals surface area (Å²) in [6.07, 6.45) is 5.48. The van der Waals surface area contributed by atoms with Crippen molar-refractivity contribution in [3.05, 3.63) is 58.6 Å². The molecule has 0 unspecified atom stereocenters. The molecule has 0 heterocycles. The first-order valence-electron chi connectivity index (χ1n) is 12.1. The molecule has 1 saturated carbocycles. The monoisotopic (exact) mass is 579 g/mol. The molecule has 0 aromatic heterocycles. The number of methoxy groups -OCH3 is 1. The molecular weight excluding hydrogens is 546 g/mol. The van der Waals surface area contributed by atoms with E-state index in [2.05, 4.69) is 21.2 Å². The Kier molecular flexibility index (Phi) is 9.78.